The highest BCUT2D eigenvalue weighted by Crippen LogP contribution is 2.36. The van der Waals surface area contributed by atoms with Crippen LogP contribution in [0.3, 0.4) is 0 Å². The number of hydrogen-bond donors (Lipinski definition) is 1. The van der Waals surface area contributed by atoms with Crippen LogP contribution in [0.5, 0.6) is 0 Å². The SMILES string of the molecule is O=C1Cc2cc(-n3c(C(F)(F)F)nc4ccc(C(F)F)nc43)cc(F)c2N1. The van der Waals surface area contributed by atoms with Crippen LogP contribution in [-0.4, -0.2) is 20.4 Å². The van der Waals surface area contributed by atoms with E-state index in [4.69, 9.17) is 0 Å². The molecule has 1 amide bonds. The number of fused-ring (bicyclic) bond motifs is 2. The number of halogens is 6. The molecule has 1 aromatic carbocycles. The summed E-state index contributed by atoms with van der Waals surface area (Å²) in [7, 11) is 0. The third-order valence-electron chi connectivity index (χ3n) is 4.03. The van der Waals surface area contributed by atoms with Crippen molar-refractivity contribution in [3.05, 3.63) is 47.2 Å². The molecule has 0 saturated heterocycles. The Balaban J connectivity index is 2.03. The first-order valence-corrected chi connectivity index (χ1v) is 7.52. The number of nitrogens with one attached hydrogen (secondary N) is 1. The van der Waals surface area contributed by atoms with Crippen LogP contribution in [0.25, 0.3) is 16.9 Å². The number of benzene rings is 1. The zero-order valence-electron chi connectivity index (χ0n) is 13.1. The van der Waals surface area contributed by atoms with E-state index in [1.165, 1.54) is 6.07 Å². The Bertz CT molecular complexity index is 1090. The lowest BCUT2D eigenvalue weighted by Gasteiger charge is -2.13. The van der Waals surface area contributed by atoms with Gasteiger partial charge in [-0.2, -0.15) is 13.2 Å². The van der Waals surface area contributed by atoms with Crippen molar-refractivity contribution in [2.24, 2.45) is 0 Å². The summed E-state index contributed by atoms with van der Waals surface area (Å²) in [5, 5.41) is 2.27. The maximum Gasteiger partial charge on any atom is 0.450 e. The Kier molecular flexibility index (Phi) is 3.65. The number of nitrogens with zero attached hydrogens (tertiary/aromatic N) is 3. The first-order valence-electron chi connectivity index (χ1n) is 7.52. The van der Waals surface area contributed by atoms with E-state index >= 15 is 0 Å². The highest BCUT2D eigenvalue weighted by molar-refractivity contribution is 5.99. The van der Waals surface area contributed by atoms with Crippen LogP contribution in [0.2, 0.25) is 0 Å². The van der Waals surface area contributed by atoms with Gasteiger partial charge in [-0.25, -0.2) is 23.1 Å². The molecule has 1 aliphatic rings. The molecule has 1 N–H and O–H groups in total. The van der Waals surface area contributed by atoms with Gasteiger partial charge in [0.2, 0.25) is 11.7 Å². The van der Waals surface area contributed by atoms with E-state index in [0.29, 0.717) is 4.57 Å². The predicted molar refractivity (Wildman–Crippen MR) is 81.1 cm³/mol. The lowest BCUT2D eigenvalue weighted by molar-refractivity contribution is -0.145. The molecule has 0 bridgehead atoms. The molecule has 4 rings (SSSR count). The van der Waals surface area contributed by atoms with Gasteiger partial charge in [-0.3, -0.25) is 9.36 Å². The average molecular weight is 386 g/mol. The minimum absolute atomic E-state index is 0.122. The molecule has 5 nitrogen and oxygen atoms in total. The Hall–Kier alpha value is -3.11. The highest BCUT2D eigenvalue weighted by atomic mass is 19.4. The molecular formula is C16H8F6N4O. The number of imidazole rings is 1. The van der Waals surface area contributed by atoms with Crippen molar-refractivity contribution in [3.8, 4) is 5.69 Å². The fraction of sp³-hybridized carbons (Fsp3) is 0.188. The Labute approximate surface area is 146 Å². The first-order chi connectivity index (χ1) is 12.6. The van der Waals surface area contributed by atoms with Crippen molar-refractivity contribution in [3.63, 3.8) is 0 Å². The lowest BCUT2D eigenvalue weighted by Crippen LogP contribution is -2.14. The highest BCUT2D eigenvalue weighted by Gasteiger charge is 2.39. The molecule has 0 radical (unpaired) electrons. The summed E-state index contributed by atoms with van der Waals surface area (Å²) in [4.78, 5) is 18.4. The number of carbonyl (C=O) groups excluding carboxylic acids is 1. The standard InChI is InChI=1S/C16H8F6N4O/c17-8-5-7(3-6-4-11(27)25-12(6)8)26-14-10(24-15(26)16(20,21)22)2-1-9(23-14)13(18)19/h1-3,5,13H,4H2,(H,25,27). The molecule has 1 aliphatic heterocycles. The third-order valence-corrected chi connectivity index (χ3v) is 4.03. The monoisotopic (exact) mass is 386 g/mol. The summed E-state index contributed by atoms with van der Waals surface area (Å²) < 4.78 is 81.0. The molecule has 0 fully saturated rings. The fourth-order valence-electron chi connectivity index (χ4n) is 2.94. The summed E-state index contributed by atoms with van der Waals surface area (Å²) >= 11 is 0. The predicted octanol–water partition coefficient (Wildman–Crippen LogP) is 4.01. The molecule has 3 heterocycles. The number of carbonyl (C=O) groups is 1. The molecule has 0 saturated carbocycles. The van der Waals surface area contributed by atoms with Crippen molar-refractivity contribution in [1.29, 1.82) is 0 Å². The van der Waals surface area contributed by atoms with Crippen LogP contribution in [0.1, 0.15) is 23.5 Å². The zero-order valence-corrected chi connectivity index (χ0v) is 13.1. The largest absolute Gasteiger partial charge is 0.450 e. The Morgan fingerprint density at radius 2 is 1.89 bits per heavy atom. The topological polar surface area (TPSA) is 59.8 Å². The van der Waals surface area contributed by atoms with E-state index in [9.17, 15) is 31.1 Å². The molecule has 27 heavy (non-hydrogen) atoms. The average Bonchev–Trinajstić information content (AvgIpc) is 3.13. The number of amides is 1. The molecule has 0 spiro atoms. The van der Waals surface area contributed by atoms with Crippen molar-refractivity contribution in [2.45, 2.75) is 19.0 Å². The number of hydrogen-bond acceptors (Lipinski definition) is 3. The summed E-state index contributed by atoms with van der Waals surface area (Å²) in [6.07, 6.45) is -8.18. The second-order valence-corrected chi connectivity index (χ2v) is 5.83. The van der Waals surface area contributed by atoms with Crippen LogP contribution in [0.4, 0.5) is 32.0 Å². The van der Waals surface area contributed by atoms with Crippen LogP contribution in [0.15, 0.2) is 24.3 Å². The number of alkyl halides is 5. The summed E-state index contributed by atoms with van der Waals surface area (Å²) in [6, 6.07) is 3.79. The van der Waals surface area contributed by atoms with E-state index in [2.05, 4.69) is 15.3 Å². The number of rotatable bonds is 2. The van der Waals surface area contributed by atoms with Crippen LogP contribution >= 0.6 is 0 Å². The van der Waals surface area contributed by atoms with E-state index in [1.54, 1.807) is 0 Å². The van der Waals surface area contributed by atoms with Gasteiger partial charge in [-0.1, -0.05) is 0 Å². The fourth-order valence-corrected chi connectivity index (χ4v) is 2.94. The number of anilines is 1. The quantitative estimate of drug-likeness (QED) is 0.677. The van der Waals surface area contributed by atoms with E-state index in [0.717, 1.165) is 18.2 Å². The van der Waals surface area contributed by atoms with Gasteiger partial charge in [0, 0.05) is 6.07 Å². The van der Waals surface area contributed by atoms with Crippen molar-refractivity contribution in [1.82, 2.24) is 14.5 Å². The third kappa shape index (κ3) is 2.78. The molecule has 0 unspecified atom stereocenters. The Morgan fingerprint density at radius 1 is 1.15 bits per heavy atom. The van der Waals surface area contributed by atoms with Gasteiger partial charge in [0.15, 0.2) is 5.65 Å². The molecule has 2 aromatic heterocycles. The van der Waals surface area contributed by atoms with Gasteiger partial charge in [0.05, 0.1) is 17.8 Å². The molecular weight excluding hydrogens is 378 g/mol. The second kappa shape index (κ2) is 5.69. The lowest BCUT2D eigenvalue weighted by atomic mass is 10.1. The minimum Gasteiger partial charge on any atom is -0.323 e. The summed E-state index contributed by atoms with van der Waals surface area (Å²) in [6.45, 7) is 0. The summed E-state index contributed by atoms with van der Waals surface area (Å²) in [5.74, 6) is -2.90. The number of pyridine rings is 1. The minimum atomic E-state index is -4.95. The zero-order chi connectivity index (χ0) is 19.5. The summed E-state index contributed by atoms with van der Waals surface area (Å²) in [5.41, 5.74) is -1.80. The normalized spacial score (nSPS) is 14.1. The maximum absolute atomic E-state index is 14.3. The molecule has 0 aliphatic carbocycles. The van der Waals surface area contributed by atoms with E-state index < -0.39 is 41.5 Å². The van der Waals surface area contributed by atoms with Crippen molar-refractivity contribution < 1.29 is 31.1 Å². The number of aromatic nitrogens is 3. The van der Waals surface area contributed by atoms with Crippen LogP contribution in [-0.2, 0) is 17.4 Å². The molecule has 11 heteroatoms. The molecule has 0 atom stereocenters. The molecule has 140 valence electrons. The van der Waals surface area contributed by atoms with Gasteiger partial charge in [0.1, 0.15) is 17.0 Å². The van der Waals surface area contributed by atoms with E-state index in [1.807, 2.05) is 0 Å². The van der Waals surface area contributed by atoms with Gasteiger partial charge >= 0.3 is 6.18 Å². The van der Waals surface area contributed by atoms with E-state index in [-0.39, 0.29) is 28.9 Å². The van der Waals surface area contributed by atoms with Crippen molar-refractivity contribution in [2.75, 3.05) is 5.32 Å². The second-order valence-electron chi connectivity index (χ2n) is 5.83. The van der Waals surface area contributed by atoms with Gasteiger partial charge in [0.25, 0.3) is 6.43 Å². The van der Waals surface area contributed by atoms with Gasteiger partial charge < -0.3 is 5.32 Å². The van der Waals surface area contributed by atoms with Crippen LogP contribution in [0, 0.1) is 5.82 Å². The first kappa shape index (κ1) is 17.3. The smallest absolute Gasteiger partial charge is 0.323 e. The van der Waals surface area contributed by atoms with Gasteiger partial charge in [-0.05, 0) is 23.8 Å². The maximum atomic E-state index is 14.3. The Morgan fingerprint density at radius 3 is 2.56 bits per heavy atom. The van der Waals surface area contributed by atoms with Crippen LogP contribution < -0.4 is 5.32 Å². The van der Waals surface area contributed by atoms with Crippen molar-refractivity contribution >= 4 is 22.8 Å². The molecule has 3 aromatic rings. The van der Waals surface area contributed by atoms with Gasteiger partial charge in [-0.15, -0.1) is 0 Å².